The molecule has 0 aromatic carbocycles. The first-order chi connectivity index (χ1) is 12.3. The second kappa shape index (κ2) is 5.81. The van der Waals surface area contributed by atoms with Crippen molar-refractivity contribution in [3.05, 3.63) is 48.8 Å². The fourth-order valence-electron chi connectivity index (χ4n) is 4.48. The summed E-state index contributed by atoms with van der Waals surface area (Å²) in [6, 6.07) is 3.90. The van der Waals surface area contributed by atoms with Gasteiger partial charge in [-0.3, -0.25) is 9.97 Å². The van der Waals surface area contributed by atoms with Crippen LogP contribution in [-0.2, 0) is 0 Å². The highest BCUT2D eigenvalue weighted by Crippen LogP contribution is 2.41. The lowest BCUT2D eigenvalue weighted by molar-refractivity contribution is 0.0189. The molecule has 3 fully saturated rings. The van der Waals surface area contributed by atoms with Crippen molar-refractivity contribution in [3.8, 4) is 11.3 Å². The van der Waals surface area contributed by atoms with Gasteiger partial charge in [-0.25, -0.2) is 4.98 Å². The highest BCUT2D eigenvalue weighted by atomic mass is 15.3. The molecule has 6 heterocycles. The third-order valence-electron chi connectivity index (χ3n) is 5.80. The quantitative estimate of drug-likeness (QED) is 0.897. The number of pyridine rings is 1. The van der Waals surface area contributed by atoms with Crippen LogP contribution >= 0.6 is 0 Å². The third-order valence-corrected chi connectivity index (χ3v) is 5.80. The molecule has 3 saturated heterocycles. The van der Waals surface area contributed by atoms with Crippen molar-refractivity contribution >= 4 is 5.82 Å². The second-order valence-electron chi connectivity index (χ2n) is 7.31. The Balaban J connectivity index is 1.27. The first-order valence-electron chi connectivity index (χ1n) is 9.01. The van der Waals surface area contributed by atoms with Gasteiger partial charge in [0.15, 0.2) is 0 Å². The summed E-state index contributed by atoms with van der Waals surface area (Å²) < 4.78 is 0. The maximum absolute atomic E-state index is 4.51. The van der Waals surface area contributed by atoms with Crippen LogP contribution in [0, 0.1) is 5.92 Å². The fourth-order valence-corrected chi connectivity index (χ4v) is 4.48. The van der Waals surface area contributed by atoms with E-state index in [0.29, 0.717) is 0 Å². The molecule has 6 heteroatoms. The number of anilines is 1. The van der Waals surface area contributed by atoms with Crippen LogP contribution in [0.3, 0.4) is 0 Å². The largest absolute Gasteiger partial charge is 0.365 e. The Kier molecular flexibility index (Phi) is 3.45. The Morgan fingerprint density at radius 1 is 1.16 bits per heavy atom. The van der Waals surface area contributed by atoms with Crippen LogP contribution in [-0.4, -0.2) is 45.0 Å². The minimum absolute atomic E-state index is 0.224. The smallest absolute Gasteiger partial charge is 0.149 e. The molecule has 6 rings (SSSR count). The van der Waals surface area contributed by atoms with Crippen molar-refractivity contribution in [2.45, 2.75) is 24.8 Å². The molecular formula is C19H22N6. The van der Waals surface area contributed by atoms with Gasteiger partial charge >= 0.3 is 0 Å². The van der Waals surface area contributed by atoms with E-state index in [1.54, 1.807) is 24.8 Å². The Bertz CT molecular complexity index is 779. The summed E-state index contributed by atoms with van der Waals surface area (Å²) in [5.74, 6) is 2.62. The predicted molar refractivity (Wildman–Crippen MR) is 96.6 cm³/mol. The van der Waals surface area contributed by atoms with Gasteiger partial charge in [0.25, 0.3) is 0 Å². The number of fused-ring (bicyclic) bond motifs is 2. The molecule has 0 radical (unpaired) electrons. The fraction of sp³-hybridized carbons (Fsp3) is 0.421. The zero-order valence-electron chi connectivity index (χ0n) is 14.2. The zero-order valence-corrected chi connectivity index (χ0v) is 14.2. The van der Waals surface area contributed by atoms with Gasteiger partial charge in [0.2, 0.25) is 0 Å². The van der Waals surface area contributed by atoms with Crippen molar-refractivity contribution in [2.75, 3.05) is 25.0 Å². The van der Waals surface area contributed by atoms with Gasteiger partial charge in [0, 0.05) is 24.5 Å². The molecule has 1 atom stereocenters. The maximum Gasteiger partial charge on any atom is 0.149 e. The monoisotopic (exact) mass is 334 g/mol. The van der Waals surface area contributed by atoms with Gasteiger partial charge in [-0.2, -0.15) is 0 Å². The summed E-state index contributed by atoms with van der Waals surface area (Å²) in [4.78, 5) is 15.7. The first-order valence-corrected chi connectivity index (χ1v) is 9.01. The van der Waals surface area contributed by atoms with E-state index in [4.69, 9.17) is 0 Å². The molecule has 4 aliphatic heterocycles. The van der Waals surface area contributed by atoms with E-state index < -0.39 is 0 Å². The van der Waals surface area contributed by atoms with Crippen LogP contribution in [0.2, 0.25) is 0 Å². The van der Waals surface area contributed by atoms with Crippen LogP contribution in [0.15, 0.2) is 48.8 Å². The Labute approximate surface area is 147 Å². The summed E-state index contributed by atoms with van der Waals surface area (Å²) in [5.41, 5.74) is 2.04. The summed E-state index contributed by atoms with van der Waals surface area (Å²) in [5, 5.41) is 7.16. The molecule has 1 spiro atoms. The van der Waals surface area contributed by atoms with Crippen molar-refractivity contribution in [2.24, 2.45) is 5.92 Å². The number of aromatic nitrogens is 3. The molecule has 2 aromatic rings. The summed E-state index contributed by atoms with van der Waals surface area (Å²) in [7, 11) is 0. The lowest BCUT2D eigenvalue weighted by Gasteiger charge is -2.52. The van der Waals surface area contributed by atoms with Gasteiger partial charge in [-0.05, 0) is 56.5 Å². The van der Waals surface area contributed by atoms with Crippen molar-refractivity contribution in [1.82, 2.24) is 25.2 Å². The van der Waals surface area contributed by atoms with Gasteiger partial charge in [-0.15, -0.1) is 0 Å². The summed E-state index contributed by atoms with van der Waals surface area (Å²) in [6.45, 7) is 3.68. The molecule has 0 unspecified atom stereocenters. The van der Waals surface area contributed by atoms with Crippen molar-refractivity contribution < 1.29 is 0 Å². The number of hydrogen-bond donors (Lipinski definition) is 2. The molecule has 6 nitrogen and oxygen atoms in total. The van der Waals surface area contributed by atoms with Gasteiger partial charge in [-0.1, -0.05) is 0 Å². The van der Waals surface area contributed by atoms with E-state index in [0.717, 1.165) is 41.8 Å². The molecule has 4 aliphatic rings. The molecule has 0 amide bonds. The average Bonchev–Trinajstić information content (AvgIpc) is 3.06. The lowest BCUT2D eigenvalue weighted by atomic mass is 9.72. The minimum Gasteiger partial charge on any atom is -0.365 e. The van der Waals surface area contributed by atoms with Crippen LogP contribution in [0.4, 0.5) is 5.82 Å². The van der Waals surface area contributed by atoms with Crippen LogP contribution in [0.1, 0.15) is 19.3 Å². The molecule has 128 valence electrons. The summed E-state index contributed by atoms with van der Waals surface area (Å²) in [6.07, 6.45) is 13.1. The van der Waals surface area contributed by atoms with Crippen LogP contribution in [0.25, 0.3) is 11.3 Å². The summed E-state index contributed by atoms with van der Waals surface area (Å²) >= 11 is 0. The molecule has 2 aromatic heterocycles. The predicted octanol–water partition coefficient (Wildman–Crippen LogP) is 2.25. The van der Waals surface area contributed by atoms with Crippen molar-refractivity contribution in [3.63, 3.8) is 0 Å². The average molecular weight is 334 g/mol. The molecule has 0 aliphatic carbocycles. The second-order valence-corrected chi connectivity index (χ2v) is 7.31. The first kappa shape index (κ1) is 14.8. The Morgan fingerprint density at radius 3 is 2.76 bits per heavy atom. The topological polar surface area (TPSA) is 66.0 Å². The Hall–Kier alpha value is -2.47. The van der Waals surface area contributed by atoms with E-state index in [-0.39, 0.29) is 5.54 Å². The number of rotatable bonds is 3. The molecule has 25 heavy (non-hydrogen) atoms. The SMILES string of the molecule is C1=C(Nc2cnc(-c3cccnc3)cn2)N[C@@]2(C1)CN1CCC2CC1. The van der Waals surface area contributed by atoms with E-state index in [1.807, 2.05) is 12.1 Å². The van der Waals surface area contributed by atoms with E-state index in [2.05, 4.69) is 36.6 Å². The normalized spacial score (nSPS) is 30.2. The number of nitrogens with one attached hydrogen (secondary N) is 2. The van der Waals surface area contributed by atoms with Gasteiger partial charge in [0.05, 0.1) is 23.6 Å². The molecule has 2 bridgehead atoms. The number of nitrogens with zero attached hydrogens (tertiary/aromatic N) is 4. The van der Waals surface area contributed by atoms with E-state index in [9.17, 15) is 0 Å². The molecule has 0 saturated carbocycles. The van der Waals surface area contributed by atoms with E-state index in [1.165, 1.54) is 25.9 Å². The standard InChI is InChI=1S/C19H22N6/c1-2-14(10-20-7-1)16-11-22-18(12-21-16)23-17-3-6-19(24-17)13-25-8-4-15(19)5-9-25/h1-3,7,10-12,15,24H,4-6,8-9,13H2,(H,22,23)/t19-/m0/s1. The number of piperidine rings is 3. The molecule has 2 N–H and O–H groups in total. The van der Waals surface area contributed by atoms with Crippen LogP contribution in [0.5, 0.6) is 0 Å². The van der Waals surface area contributed by atoms with Gasteiger partial charge in [0.1, 0.15) is 11.6 Å². The Morgan fingerprint density at radius 2 is 2.08 bits per heavy atom. The highest BCUT2D eigenvalue weighted by Gasteiger charge is 2.48. The maximum atomic E-state index is 4.51. The lowest BCUT2D eigenvalue weighted by Crippen LogP contribution is -2.64. The minimum atomic E-state index is 0.224. The van der Waals surface area contributed by atoms with E-state index >= 15 is 0 Å². The van der Waals surface area contributed by atoms with Crippen LogP contribution < -0.4 is 10.6 Å². The molecular weight excluding hydrogens is 312 g/mol. The zero-order chi connectivity index (χ0) is 16.7. The highest BCUT2D eigenvalue weighted by molar-refractivity contribution is 5.57. The number of hydrogen-bond acceptors (Lipinski definition) is 6. The van der Waals surface area contributed by atoms with Gasteiger partial charge < -0.3 is 15.5 Å². The van der Waals surface area contributed by atoms with Crippen molar-refractivity contribution in [1.29, 1.82) is 0 Å². The third kappa shape index (κ3) is 2.66.